The molecule has 1 heterocycles. The Bertz CT molecular complexity index is 984. The minimum Gasteiger partial charge on any atom is -0.488 e. The van der Waals surface area contributed by atoms with E-state index in [9.17, 15) is 13.6 Å². The van der Waals surface area contributed by atoms with Gasteiger partial charge in [-0.05, 0) is 43.3 Å². The van der Waals surface area contributed by atoms with Crippen molar-refractivity contribution in [3.05, 3.63) is 81.6 Å². The first kappa shape index (κ1) is 18.8. The fourth-order valence-electron chi connectivity index (χ4n) is 2.57. The second-order valence-electron chi connectivity index (χ2n) is 5.87. The van der Waals surface area contributed by atoms with E-state index in [-0.39, 0.29) is 24.4 Å². The van der Waals surface area contributed by atoms with Crippen LogP contribution in [0.25, 0.3) is 0 Å². The maximum atomic E-state index is 13.8. The molecule has 0 aliphatic heterocycles. The van der Waals surface area contributed by atoms with Crippen LogP contribution in [0.4, 0.5) is 8.78 Å². The van der Waals surface area contributed by atoms with Crippen molar-refractivity contribution in [3.8, 4) is 5.75 Å². The first-order valence-corrected chi connectivity index (χ1v) is 8.35. The third kappa shape index (κ3) is 4.25. The molecule has 8 heteroatoms. The zero-order valence-electron chi connectivity index (χ0n) is 14.2. The van der Waals surface area contributed by atoms with E-state index in [1.807, 2.05) is 0 Å². The molecule has 2 aromatic carbocycles. The van der Waals surface area contributed by atoms with Crippen LogP contribution in [0, 0.1) is 18.6 Å². The van der Waals surface area contributed by atoms with E-state index in [4.69, 9.17) is 21.4 Å². The molecule has 1 aromatic heterocycles. The number of halogens is 3. The van der Waals surface area contributed by atoms with E-state index < -0.39 is 17.6 Å². The van der Waals surface area contributed by atoms with Gasteiger partial charge in [0, 0.05) is 16.3 Å². The van der Waals surface area contributed by atoms with Gasteiger partial charge in [0.15, 0.2) is 5.69 Å². The Kier molecular flexibility index (Phi) is 5.41. The maximum absolute atomic E-state index is 13.8. The van der Waals surface area contributed by atoms with E-state index in [0.29, 0.717) is 22.0 Å². The van der Waals surface area contributed by atoms with E-state index in [1.54, 1.807) is 25.1 Å². The van der Waals surface area contributed by atoms with Gasteiger partial charge in [-0.3, -0.25) is 4.68 Å². The summed E-state index contributed by atoms with van der Waals surface area (Å²) in [6, 6.07) is 9.86. The van der Waals surface area contributed by atoms with E-state index in [0.717, 1.165) is 12.1 Å². The molecule has 0 amide bonds. The molecule has 0 saturated carbocycles. The fourth-order valence-corrected chi connectivity index (χ4v) is 2.76. The Morgan fingerprint density at radius 2 is 1.93 bits per heavy atom. The van der Waals surface area contributed by atoms with Crippen LogP contribution in [-0.4, -0.2) is 20.9 Å². The normalized spacial score (nSPS) is 10.8. The Labute approximate surface area is 158 Å². The number of nitrogens with zero attached hydrogens (tertiary/aromatic N) is 2. The average molecular weight is 393 g/mol. The highest BCUT2D eigenvalue weighted by atomic mass is 35.5. The standard InChI is InChI=1S/C19H15ClF2N2O3/c1-11-7-17(19(25)26)23-24(11)9-12-8-13(20)5-6-18(12)27-10-14-15(21)3-2-4-16(14)22/h2-8H,9-10H2,1H3,(H,25,26). The summed E-state index contributed by atoms with van der Waals surface area (Å²) in [5.74, 6) is -2.15. The van der Waals surface area contributed by atoms with Crippen molar-refractivity contribution >= 4 is 17.6 Å². The van der Waals surface area contributed by atoms with Gasteiger partial charge in [0.05, 0.1) is 12.1 Å². The molecule has 0 atom stereocenters. The zero-order chi connectivity index (χ0) is 19.6. The van der Waals surface area contributed by atoms with Crippen LogP contribution in [0.5, 0.6) is 5.75 Å². The number of carboxylic acids is 1. The SMILES string of the molecule is Cc1cc(C(=O)O)nn1Cc1cc(Cl)ccc1OCc1c(F)cccc1F. The van der Waals surface area contributed by atoms with Crippen molar-refractivity contribution < 1.29 is 23.4 Å². The number of carboxylic acid groups (broad SMARTS) is 1. The number of rotatable bonds is 6. The van der Waals surface area contributed by atoms with Crippen LogP contribution >= 0.6 is 11.6 Å². The highest BCUT2D eigenvalue weighted by Crippen LogP contribution is 2.26. The second kappa shape index (κ2) is 7.75. The van der Waals surface area contributed by atoms with E-state index >= 15 is 0 Å². The number of hydrogen-bond acceptors (Lipinski definition) is 3. The molecule has 0 spiro atoms. The van der Waals surface area contributed by atoms with Gasteiger partial charge >= 0.3 is 5.97 Å². The highest BCUT2D eigenvalue weighted by Gasteiger charge is 2.15. The van der Waals surface area contributed by atoms with Gasteiger partial charge in [-0.1, -0.05) is 17.7 Å². The molecule has 3 aromatic rings. The number of aromatic carboxylic acids is 1. The lowest BCUT2D eigenvalue weighted by Crippen LogP contribution is -2.08. The van der Waals surface area contributed by atoms with Gasteiger partial charge in [0.2, 0.25) is 0 Å². The Hall–Kier alpha value is -2.93. The second-order valence-corrected chi connectivity index (χ2v) is 6.31. The molecular formula is C19H15ClF2N2O3. The van der Waals surface area contributed by atoms with Crippen LogP contribution in [0.3, 0.4) is 0 Å². The highest BCUT2D eigenvalue weighted by molar-refractivity contribution is 6.30. The monoisotopic (exact) mass is 392 g/mol. The number of carbonyl (C=O) groups is 1. The van der Waals surface area contributed by atoms with Gasteiger partial charge in [-0.25, -0.2) is 13.6 Å². The predicted octanol–water partition coefficient (Wildman–Crippen LogP) is 4.45. The molecular weight excluding hydrogens is 378 g/mol. The number of aromatic nitrogens is 2. The van der Waals surface area contributed by atoms with Crippen molar-refractivity contribution in [2.45, 2.75) is 20.1 Å². The minimum atomic E-state index is -1.13. The molecule has 0 saturated heterocycles. The fraction of sp³-hybridized carbons (Fsp3) is 0.158. The van der Waals surface area contributed by atoms with Gasteiger partial charge in [-0.15, -0.1) is 0 Å². The van der Waals surface area contributed by atoms with Crippen molar-refractivity contribution in [2.24, 2.45) is 0 Å². The predicted molar refractivity (Wildman–Crippen MR) is 95.2 cm³/mol. The number of aryl methyl sites for hydroxylation is 1. The molecule has 5 nitrogen and oxygen atoms in total. The summed E-state index contributed by atoms with van der Waals surface area (Å²) in [7, 11) is 0. The van der Waals surface area contributed by atoms with Gasteiger partial charge < -0.3 is 9.84 Å². The van der Waals surface area contributed by atoms with Gasteiger partial charge in [-0.2, -0.15) is 5.10 Å². The summed E-state index contributed by atoms with van der Waals surface area (Å²) in [6.45, 7) is 1.61. The summed E-state index contributed by atoms with van der Waals surface area (Å²) in [4.78, 5) is 11.1. The summed E-state index contributed by atoms with van der Waals surface area (Å²) in [6.07, 6.45) is 0. The smallest absolute Gasteiger partial charge is 0.356 e. The lowest BCUT2D eigenvalue weighted by molar-refractivity contribution is 0.0689. The van der Waals surface area contributed by atoms with Crippen molar-refractivity contribution in [2.75, 3.05) is 0 Å². The molecule has 0 bridgehead atoms. The molecule has 3 rings (SSSR count). The molecule has 0 aliphatic carbocycles. The lowest BCUT2D eigenvalue weighted by Gasteiger charge is -2.14. The van der Waals surface area contributed by atoms with Gasteiger partial charge in [0.1, 0.15) is 24.0 Å². The van der Waals surface area contributed by atoms with Crippen molar-refractivity contribution in [1.82, 2.24) is 9.78 Å². The third-order valence-corrected chi connectivity index (χ3v) is 4.21. The zero-order valence-corrected chi connectivity index (χ0v) is 15.0. The number of benzene rings is 2. The van der Waals surface area contributed by atoms with Crippen LogP contribution in [-0.2, 0) is 13.2 Å². The first-order chi connectivity index (χ1) is 12.8. The molecule has 27 heavy (non-hydrogen) atoms. The van der Waals surface area contributed by atoms with Crippen LogP contribution in [0.15, 0.2) is 42.5 Å². The molecule has 0 radical (unpaired) electrons. The number of hydrogen-bond donors (Lipinski definition) is 1. The number of ether oxygens (including phenoxy) is 1. The molecule has 0 aliphatic rings. The Morgan fingerprint density at radius 1 is 1.22 bits per heavy atom. The largest absolute Gasteiger partial charge is 0.488 e. The summed E-state index contributed by atoms with van der Waals surface area (Å²) in [5, 5.41) is 13.5. The Balaban J connectivity index is 1.86. The Morgan fingerprint density at radius 3 is 2.56 bits per heavy atom. The van der Waals surface area contributed by atoms with E-state index in [1.165, 1.54) is 16.8 Å². The van der Waals surface area contributed by atoms with Crippen LogP contribution < -0.4 is 4.74 Å². The first-order valence-electron chi connectivity index (χ1n) is 7.97. The molecule has 140 valence electrons. The summed E-state index contributed by atoms with van der Waals surface area (Å²) >= 11 is 6.05. The van der Waals surface area contributed by atoms with Gasteiger partial charge in [0.25, 0.3) is 0 Å². The summed E-state index contributed by atoms with van der Waals surface area (Å²) < 4.78 is 34.7. The minimum absolute atomic E-state index is 0.0783. The average Bonchev–Trinajstić information content (AvgIpc) is 2.97. The molecule has 1 N–H and O–H groups in total. The topological polar surface area (TPSA) is 64.3 Å². The van der Waals surface area contributed by atoms with Crippen LogP contribution in [0.1, 0.15) is 27.3 Å². The van der Waals surface area contributed by atoms with E-state index in [2.05, 4.69) is 5.10 Å². The third-order valence-electron chi connectivity index (χ3n) is 3.98. The maximum Gasteiger partial charge on any atom is 0.356 e. The van der Waals surface area contributed by atoms with Crippen molar-refractivity contribution in [3.63, 3.8) is 0 Å². The quantitative estimate of drug-likeness (QED) is 0.673. The molecule has 0 unspecified atom stereocenters. The summed E-state index contributed by atoms with van der Waals surface area (Å²) in [5.41, 5.74) is 0.980. The molecule has 0 fully saturated rings. The van der Waals surface area contributed by atoms with Crippen LogP contribution in [0.2, 0.25) is 5.02 Å². The lowest BCUT2D eigenvalue weighted by atomic mass is 10.2. The van der Waals surface area contributed by atoms with Crippen molar-refractivity contribution in [1.29, 1.82) is 0 Å².